The van der Waals surface area contributed by atoms with E-state index in [1.165, 1.54) is 14.2 Å². The SMILES string of the molecule is COC(=O)N[C@H](C(=O)N1[C@H](C)[C@H](C)C[C@H]1c1ncc(-c2ccc(-c3ccc(-c4nc([C@@H]5C[C@@H](C)[C@@H](C)N5C(=O)[C@@H](NC(=O)OC)C(C)C)[nH]c4Cl)cc3)cc2)[nH]1)C(C)C. The van der Waals surface area contributed by atoms with E-state index in [0.717, 1.165) is 34.4 Å². The van der Waals surface area contributed by atoms with Crippen molar-refractivity contribution in [3.8, 4) is 33.6 Å². The highest BCUT2D eigenvalue weighted by Crippen LogP contribution is 2.42. The average Bonchev–Trinajstić information content (AvgIpc) is 4.00. The molecule has 2 saturated heterocycles. The van der Waals surface area contributed by atoms with Gasteiger partial charge >= 0.3 is 12.2 Å². The van der Waals surface area contributed by atoms with Crippen LogP contribution in [-0.4, -0.2) is 92.1 Å². The predicted octanol–water partition coefficient (Wildman–Crippen LogP) is 8.14. The fourth-order valence-electron chi connectivity index (χ4n) is 8.39. The number of aromatic nitrogens is 4. The number of benzene rings is 2. The van der Waals surface area contributed by atoms with Crippen molar-refractivity contribution in [2.75, 3.05) is 14.2 Å². The number of H-pyrrole nitrogens is 2. The van der Waals surface area contributed by atoms with Crippen LogP contribution in [0.5, 0.6) is 0 Å². The van der Waals surface area contributed by atoms with Crippen molar-refractivity contribution in [2.24, 2.45) is 23.7 Å². The lowest BCUT2D eigenvalue weighted by atomic mass is 10.0. The lowest BCUT2D eigenvalue weighted by Crippen LogP contribution is -2.53. The molecule has 2 fully saturated rings. The summed E-state index contributed by atoms with van der Waals surface area (Å²) in [5.41, 5.74) is 5.24. The molecule has 2 aromatic heterocycles. The molecule has 6 rings (SSSR count). The molecule has 2 aliphatic heterocycles. The molecule has 316 valence electrons. The molecular weight excluding hydrogens is 772 g/mol. The summed E-state index contributed by atoms with van der Waals surface area (Å²) < 4.78 is 9.60. The number of nitrogens with one attached hydrogen (secondary N) is 4. The third-order valence-corrected chi connectivity index (χ3v) is 12.5. The quantitative estimate of drug-likeness (QED) is 0.117. The van der Waals surface area contributed by atoms with Crippen LogP contribution in [0, 0.1) is 23.7 Å². The Hall–Kier alpha value is -5.37. The molecule has 4 heterocycles. The van der Waals surface area contributed by atoms with Gasteiger partial charge in [-0.3, -0.25) is 9.59 Å². The predicted molar refractivity (Wildman–Crippen MR) is 226 cm³/mol. The van der Waals surface area contributed by atoms with Crippen molar-refractivity contribution in [3.05, 3.63) is 71.5 Å². The van der Waals surface area contributed by atoms with Crippen LogP contribution in [0.15, 0.2) is 54.7 Å². The Morgan fingerprint density at radius 1 is 0.678 bits per heavy atom. The monoisotopic (exact) mass is 828 g/mol. The second-order valence-electron chi connectivity index (χ2n) is 16.8. The van der Waals surface area contributed by atoms with E-state index < -0.39 is 24.3 Å². The lowest BCUT2D eigenvalue weighted by molar-refractivity contribution is -0.138. The summed E-state index contributed by atoms with van der Waals surface area (Å²) in [5.74, 6) is 1.11. The Morgan fingerprint density at radius 2 is 1.10 bits per heavy atom. The van der Waals surface area contributed by atoms with E-state index in [4.69, 9.17) is 31.0 Å². The minimum Gasteiger partial charge on any atom is -0.453 e. The van der Waals surface area contributed by atoms with Gasteiger partial charge in [-0.25, -0.2) is 19.6 Å². The van der Waals surface area contributed by atoms with Gasteiger partial charge in [0.25, 0.3) is 0 Å². The van der Waals surface area contributed by atoms with Gasteiger partial charge in [0.2, 0.25) is 11.8 Å². The summed E-state index contributed by atoms with van der Waals surface area (Å²) in [5, 5.41) is 5.83. The van der Waals surface area contributed by atoms with Gasteiger partial charge < -0.3 is 39.9 Å². The van der Waals surface area contributed by atoms with Crippen molar-refractivity contribution in [1.82, 2.24) is 40.4 Å². The Bertz CT molecular complexity index is 2130. The van der Waals surface area contributed by atoms with E-state index >= 15 is 0 Å². The van der Waals surface area contributed by atoms with Crippen LogP contribution >= 0.6 is 11.6 Å². The van der Waals surface area contributed by atoms with Gasteiger partial charge in [0.15, 0.2) is 0 Å². The number of likely N-dealkylation sites (tertiary alicyclic amines) is 2. The summed E-state index contributed by atoms with van der Waals surface area (Å²) in [6, 6.07) is 14.0. The lowest BCUT2D eigenvalue weighted by Gasteiger charge is -2.33. The molecule has 59 heavy (non-hydrogen) atoms. The number of halogens is 1. The highest BCUT2D eigenvalue weighted by Gasteiger charge is 2.46. The highest BCUT2D eigenvalue weighted by atomic mass is 35.5. The van der Waals surface area contributed by atoms with Crippen LogP contribution in [0.4, 0.5) is 9.59 Å². The minimum absolute atomic E-state index is 0.0414. The number of rotatable bonds is 11. The zero-order chi connectivity index (χ0) is 42.9. The van der Waals surface area contributed by atoms with Crippen LogP contribution in [0.1, 0.15) is 92.0 Å². The van der Waals surface area contributed by atoms with Crippen LogP contribution in [0.25, 0.3) is 33.6 Å². The molecule has 0 aliphatic carbocycles. The van der Waals surface area contributed by atoms with Crippen LogP contribution < -0.4 is 10.6 Å². The van der Waals surface area contributed by atoms with E-state index in [0.29, 0.717) is 28.9 Å². The Morgan fingerprint density at radius 3 is 1.54 bits per heavy atom. The van der Waals surface area contributed by atoms with E-state index in [1.54, 1.807) is 6.20 Å². The first-order valence-corrected chi connectivity index (χ1v) is 20.8. The maximum Gasteiger partial charge on any atom is 0.407 e. The van der Waals surface area contributed by atoms with E-state index in [2.05, 4.69) is 46.6 Å². The molecule has 2 aliphatic rings. The number of hydrogen-bond acceptors (Lipinski definition) is 8. The van der Waals surface area contributed by atoms with Gasteiger partial charge in [0, 0.05) is 17.6 Å². The van der Waals surface area contributed by atoms with E-state index in [9.17, 15) is 19.2 Å². The summed E-state index contributed by atoms with van der Waals surface area (Å²) in [6.45, 7) is 15.9. The summed E-state index contributed by atoms with van der Waals surface area (Å²) in [7, 11) is 2.57. The van der Waals surface area contributed by atoms with Crippen molar-refractivity contribution < 1.29 is 28.7 Å². The fraction of sp³-hybridized carbons (Fsp3) is 0.500. The molecule has 0 radical (unpaired) electrons. The van der Waals surface area contributed by atoms with Gasteiger partial charge in [0.1, 0.15) is 34.6 Å². The second kappa shape index (κ2) is 17.9. The maximum atomic E-state index is 13.9. The molecule has 2 aromatic carbocycles. The smallest absolute Gasteiger partial charge is 0.407 e. The molecule has 0 saturated carbocycles. The molecule has 8 atom stereocenters. The zero-order valence-corrected chi connectivity index (χ0v) is 36.3. The van der Waals surface area contributed by atoms with Gasteiger partial charge in [-0.05, 0) is 67.1 Å². The molecule has 4 N–H and O–H groups in total. The number of carbonyl (C=O) groups excluding carboxylic acids is 4. The second-order valence-corrected chi connectivity index (χ2v) is 17.1. The van der Waals surface area contributed by atoms with Gasteiger partial charge in [-0.2, -0.15) is 0 Å². The third-order valence-electron chi connectivity index (χ3n) is 12.3. The van der Waals surface area contributed by atoms with Crippen molar-refractivity contribution in [1.29, 1.82) is 0 Å². The summed E-state index contributed by atoms with van der Waals surface area (Å²) >= 11 is 6.78. The zero-order valence-electron chi connectivity index (χ0n) is 35.5. The number of amides is 4. The van der Waals surface area contributed by atoms with E-state index in [1.807, 2.05) is 87.7 Å². The number of aromatic amines is 2. The number of ether oxygens (including phenoxy) is 2. The van der Waals surface area contributed by atoms with Crippen molar-refractivity contribution >= 4 is 35.6 Å². The number of methoxy groups -OCH3 is 2. The topological polar surface area (TPSA) is 175 Å². The molecule has 0 spiro atoms. The van der Waals surface area contributed by atoms with E-state index in [-0.39, 0.29) is 59.7 Å². The first-order valence-electron chi connectivity index (χ1n) is 20.4. The molecule has 0 unspecified atom stereocenters. The molecule has 4 aromatic rings. The fourth-order valence-corrected chi connectivity index (χ4v) is 8.64. The van der Waals surface area contributed by atoms with Crippen LogP contribution in [0.2, 0.25) is 5.15 Å². The number of alkyl carbamates (subject to hydrolysis) is 2. The molecule has 15 heteroatoms. The summed E-state index contributed by atoms with van der Waals surface area (Å²) in [4.78, 5) is 72.1. The number of imidazole rings is 2. The Kier molecular flexibility index (Phi) is 13.1. The van der Waals surface area contributed by atoms with Gasteiger partial charge in [0.05, 0.1) is 38.2 Å². The highest BCUT2D eigenvalue weighted by molar-refractivity contribution is 6.31. The van der Waals surface area contributed by atoms with Crippen LogP contribution in [-0.2, 0) is 19.1 Å². The Balaban J connectivity index is 1.17. The third kappa shape index (κ3) is 8.83. The average molecular weight is 829 g/mol. The standard InChI is InChI=1S/C44H57ClN8O6/c1-22(2)35(49-43(56)58-9)41(54)52-26(7)24(5)19-33(52)39-46-21-32(47-39)30-15-11-28(12-16-30)29-13-17-31(18-14-29)37-38(45)51-40(48-37)34-20-25(6)27(8)53(34)42(55)36(23(3)4)50-44(57)59-10/h11-18,21-27,33-36H,19-20H2,1-10H3,(H,46,47)(H,48,51)(H,49,56)(H,50,57)/t24-,25-,26-,27-,33+,34+,35+,36+/m1/s1. The number of carbonyl (C=O) groups is 4. The molecule has 0 bridgehead atoms. The van der Waals surface area contributed by atoms with Gasteiger partial charge in [-0.1, -0.05) is 102 Å². The maximum absolute atomic E-state index is 13.9. The molecule has 14 nitrogen and oxygen atoms in total. The first-order chi connectivity index (χ1) is 28.0. The number of hydrogen-bond donors (Lipinski definition) is 4. The van der Waals surface area contributed by atoms with Crippen LogP contribution in [0.3, 0.4) is 0 Å². The Labute approximate surface area is 351 Å². The normalized spacial score (nSPS) is 22.7. The summed E-state index contributed by atoms with van der Waals surface area (Å²) in [6.07, 6.45) is 1.95. The van der Waals surface area contributed by atoms with Gasteiger partial charge in [-0.15, -0.1) is 0 Å². The van der Waals surface area contributed by atoms with Crippen molar-refractivity contribution in [3.63, 3.8) is 0 Å². The number of nitrogens with zero attached hydrogens (tertiary/aromatic N) is 4. The minimum atomic E-state index is -0.754. The first kappa shape index (κ1) is 43.2. The molecule has 4 amide bonds. The molecular formula is C44H57ClN8O6. The largest absolute Gasteiger partial charge is 0.453 e. The van der Waals surface area contributed by atoms with Crippen molar-refractivity contribution in [2.45, 2.75) is 104 Å².